The van der Waals surface area contributed by atoms with Crippen molar-refractivity contribution in [1.82, 2.24) is 0 Å². The van der Waals surface area contributed by atoms with E-state index in [1.807, 2.05) is 0 Å². The van der Waals surface area contributed by atoms with Gasteiger partial charge in [-0.1, -0.05) is 44.7 Å². The maximum absolute atomic E-state index is 14.8. The fourth-order valence-corrected chi connectivity index (χ4v) is 4.40. The zero-order chi connectivity index (χ0) is 23.3. The summed E-state index contributed by atoms with van der Waals surface area (Å²) < 4.78 is 75.5. The van der Waals surface area contributed by atoms with Crippen molar-refractivity contribution in [3.05, 3.63) is 64.7 Å². The summed E-state index contributed by atoms with van der Waals surface area (Å²) >= 11 is 0. The summed E-state index contributed by atoms with van der Waals surface area (Å²) in [5.74, 6) is -2.63. The molecule has 3 rings (SSSR count). The van der Waals surface area contributed by atoms with E-state index in [0.717, 1.165) is 44.2 Å². The van der Waals surface area contributed by atoms with Crippen molar-refractivity contribution in [1.29, 1.82) is 5.26 Å². The van der Waals surface area contributed by atoms with E-state index in [1.54, 1.807) is 0 Å². The Bertz CT molecular complexity index is 923. The second-order valence-corrected chi connectivity index (χ2v) is 8.48. The van der Waals surface area contributed by atoms with Gasteiger partial charge < -0.3 is 4.74 Å². The van der Waals surface area contributed by atoms with Crippen LogP contribution in [0, 0.1) is 34.8 Å². The molecule has 0 radical (unpaired) electrons. The molecule has 1 aliphatic rings. The van der Waals surface area contributed by atoms with Gasteiger partial charge in [-0.25, -0.2) is 13.2 Å². The Morgan fingerprint density at radius 3 is 2.19 bits per heavy atom. The molecule has 0 saturated heterocycles. The van der Waals surface area contributed by atoms with Gasteiger partial charge in [-0.15, -0.1) is 0 Å². The van der Waals surface area contributed by atoms with Crippen LogP contribution in [0.5, 0.6) is 5.75 Å². The molecule has 7 heteroatoms. The van der Waals surface area contributed by atoms with Crippen LogP contribution in [0.25, 0.3) is 0 Å². The summed E-state index contributed by atoms with van der Waals surface area (Å²) in [6.07, 6.45) is 1.38. The van der Waals surface area contributed by atoms with Gasteiger partial charge in [-0.05, 0) is 42.4 Å². The third-order valence-corrected chi connectivity index (χ3v) is 6.19. The minimum Gasteiger partial charge on any atom is -0.429 e. The molecule has 0 spiro atoms. The van der Waals surface area contributed by atoms with Crippen LogP contribution in [0.1, 0.15) is 62.1 Å². The Kier molecular flexibility index (Phi) is 7.76. The molecule has 1 saturated carbocycles. The summed E-state index contributed by atoms with van der Waals surface area (Å²) in [5.41, 5.74) is -0.797. The molecule has 0 bridgehead atoms. The van der Waals surface area contributed by atoms with Gasteiger partial charge in [0.15, 0.2) is 0 Å². The number of rotatable bonds is 8. The molecule has 0 aromatic heterocycles. The zero-order valence-corrected chi connectivity index (χ0v) is 17.9. The molecule has 172 valence electrons. The van der Waals surface area contributed by atoms with Crippen LogP contribution < -0.4 is 4.74 Å². The third-order valence-electron chi connectivity index (χ3n) is 6.19. The molecule has 1 fully saturated rings. The van der Waals surface area contributed by atoms with Gasteiger partial charge in [0.1, 0.15) is 35.2 Å². The van der Waals surface area contributed by atoms with E-state index in [2.05, 4.69) is 11.7 Å². The second-order valence-electron chi connectivity index (χ2n) is 8.48. The molecule has 0 amide bonds. The average molecular weight is 451 g/mol. The topological polar surface area (TPSA) is 33.0 Å². The number of alkyl halides is 3. The normalized spacial score (nSPS) is 19.9. The molecule has 1 aliphatic carbocycles. The Morgan fingerprint density at radius 2 is 1.66 bits per heavy atom. The van der Waals surface area contributed by atoms with E-state index in [0.29, 0.717) is 23.6 Å². The first kappa shape index (κ1) is 24.0. The maximum Gasteiger partial charge on any atom is 0.426 e. The number of hydrogen-bond donors (Lipinski definition) is 0. The number of benzene rings is 2. The van der Waals surface area contributed by atoms with E-state index in [-0.39, 0.29) is 12.3 Å². The molecular weight excluding hydrogens is 425 g/mol. The van der Waals surface area contributed by atoms with E-state index in [4.69, 9.17) is 5.26 Å². The van der Waals surface area contributed by atoms with Gasteiger partial charge in [0.2, 0.25) is 0 Å². The van der Waals surface area contributed by atoms with Crippen molar-refractivity contribution < 1.29 is 26.7 Å². The summed E-state index contributed by atoms with van der Waals surface area (Å²) in [6.45, 7) is 2.16. The molecule has 1 unspecified atom stereocenters. The fraction of sp³-hybridized carbons (Fsp3) is 0.480. The summed E-state index contributed by atoms with van der Waals surface area (Å²) in [5, 5.41) is 8.66. The summed E-state index contributed by atoms with van der Waals surface area (Å²) in [7, 11) is 0. The molecule has 2 nitrogen and oxygen atoms in total. The highest BCUT2D eigenvalue weighted by Crippen LogP contribution is 2.36. The van der Waals surface area contributed by atoms with Gasteiger partial charge in [0, 0.05) is 18.6 Å². The molecule has 2 aromatic carbocycles. The van der Waals surface area contributed by atoms with E-state index in [9.17, 15) is 22.0 Å². The summed E-state index contributed by atoms with van der Waals surface area (Å²) in [4.78, 5) is 0. The predicted octanol–water partition coefficient (Wildman–Crippen LogP) is 7.45. The van der Waals surface area contributed by atoms with Crippen molar-refractivity contribution in [2.45, 2.75) is 64.1 Å². The highest BCUT2D eigenvalue weighted by molar-refractivity contribution is 5.38. The number of nitrogens with zero attached hydrogens (tertiary/aromatic N) is 1. The highest BCUT2D eigenvalue weighted by atomic mass is 19.3. The van der Waals surface area contributed by atoms with Crippen LogP contribution in [-0.4, -0.2) is 6.17 Å². The fourth-order valence-electron chi connectivity index (χ4n) is 4.40. The lowest BCUT2D eigenvalue weighted by molar-refractivity contribution is -0.185. The van der Waals surface area contributed by atoms with E-state index >= 15 is 0 Å². The van der Waals surface area contributed by atoms with Crippen molar-refractivity contribution in [2.75, 3.05) is 0 Å². The predicted molar refractivity (Wildman–Crippen MR) is 111 cm³/mol. The van der Waals surface area contributed by atoms with E-state index < -0.39 is 40.8 Å². The molecule has 0 aliphatic heterocycles. The lowest BCUT2D eigenvalue weighted by Gasteiger charge is -2.30. The monoisotopic (exact) mass is 451 g/mol. The van der Waals surface area contributed by atoms with Crippen molar-refractivity contribution in [3.8, 4) is 11.8 Å². The first-order valence-corrected chi connectivity index (χ1v) is 10.9. The molecule has 0 N–H and O–H groups in total. The molecule has 2 aromatic rings. The van der Waals surface area contributed by atoms with Crippen LogP contribution >= 0.6 is 0 Å². The van der Waals surface area contributed by atoms with Gasteiger partial charge in [0.05, 0.1) is 5.56 Å². The van der Waals surface area contributed by atoms with E-state index in [1.165, 1.54) is 24.6 Å². The van der Waals surface area contributed by atoms with Gasteiger partial charge in [-0.2, -0.15) is 14.0 Å². The average Bonchev–Trinajstić information content (AvgIpc) is 2.74. The van der Waals surface area contributed by atoms with Gasteiger partial charge in [0.25, 0.3) is 0 Å². The Labute approximate surface area is 185 Å². The molecule has 32 heavy (non-hydrogen) atoms. The van der Waals surface area contributed by atoms with Crippen molar-refractivity contribution in [2.24, 2.45) is 11.8 Å². The third kappa shape index (κ3) is 5.79. The van der Waals surface area contributed by atoms with Gasteiger partial charge >= 0.3 is 6.11 Å². The molecule has 1 atom stereocenters. The Balaban J connectivity index is 1.61. The first-order chi connectivity index (χ1) is 15.2. The van der Waals surface area contributed by atoms with Crippen LogP contribution in [0.3, 0.4) is 0 Å². The first-order valence-electron chi connectivity index (χ1n) is 10.9. The standard InChI is InChI=1S/C25H26F5NO/c1-2-3-16-4-8-18(9-5-16)22(26)12-17-6-10-19(11-7-17)25(29,30)32-20-13-23(27)21(15-31)24(28)14-20/h6-7,10-11,13-14,16,18,22H,2-5,8-9,12H2,1H3. The zero-order valence-electron chi connectivity index (χ0n) is 17.9. The number of hydrogen-bond acceptors (Lipinski definition) is 2. The minimum absolute atomic E-state index is 0.00580. The lowest BCUT2D eigenvalue weighted by Crippen LogP contribution is -2.25. The largest absolute Gasteiger partial charge is 0.429 e. The van der Waals surface area contributed by atoms with Crippen LogP contribution in [0.4, 0.5) is 22.0 Å². The van der Waals surface area contributed by atoms with Crippen molar-refractivity contribution >= 4 is 0 Å². The second kappa shape index (κ2) is 10.3. The Hall–Kier alpha value is -2.62. The number of nitriles is 1. The quantitative estimate of drug-likeness (QED) is 0.391. The van der Waals surface area contributed by atoms with Gasteiger partial charge in [-0.3, -0.25) is 0 Å². The summed E-state index contributed by atoms with van der Waals surface area (Å²) in [6, 6.07) is 7.46. The maximum atomic E-state index is 14.8. The molecule has 0 heterocycles. The van der Waals surface area contributed by atoms with Crippen LogP contribution in [-0.2, 0) is 12.5 Å². The van der Waals surface area contributed by atoms with Crippen LogP contribution in [0.2, 0.25) is 0 Å². The SMILES string of the molecule is CCCC1CCC(C(F)Cc2ccc(C(F)(F)Oc3cc(F)c(C#N)c(F)c3)cc2)CC1. The minimum atomic E-state index is -3.86. The number of halogens is 5. The van der Waals surface area contributed by atoms with Crippen molar-refractivity contribution in [3.63, 3.8) is 0 Å². The van der Waals surface area contributed by atoms with Crippen LogP contribution in [0.15, 0.2) is 36.4 Å². The smallest absolute Gasteiger partial charge is 0.426 e. The Morgan fingerprint density at radius 1 is 1.06 bits per heavy atom. The lowest BCUT2D eigenvalue weighted by atomic mass is 9.77. The molecular formula is C25H26F5NO. The number of ether oxygens (including phenoxy) is 1. The highest BCUT2D eigenvalue weighted by Gasteiger charge is 2.35.